The first-order valence-electron chi connectivity index (χ1n) is 5.33. The molecule has 0 unspecified atom stereocenters. The lowest BCUT2D eigenvalue weighted by molar-refractivity contribution is -0.385. The van der Waals surface area contributed by atoms with E-state index in [1.807, 2.05) is 6.07 Å². The highest BCUT2D eigenvalue weighted by atomic mass is 79.9. The number of hydrogen-bond donors (Lipinski definition) is 1. The molecule has 0 aliphatic carbocycles. The Morgan fingerprint density at radius 3 is 2.83 bits per heavy atom. The molecule has 0 amide bonds. The standard InChI is InChI=1S/C12H11BrN2O3/c13-10-4-3-9(12(6-10)15(16)17)7-14-8-11-2-1-5-18-11/h1-6,14H,7-8H2. The molecule has 18 heavy (non-hydrogen) atoms. The highest BCUT2D eigenvalue weighted by Gasteiger charge is 2.13. The predicted molar refractivity (Wildman–Crippen MR) is 70.0 cm³/mol. The minimum atomic E-state index is -0.380. The number of nitro groups is 1. The van der Waals surface area contributed by atoms with Gasteiger partial charge in [-0.05, 0) is 24.3 Å². The molecule has 0 aliphatic heterocycles. The van der Waals surface area contributed by atoms with Crippen LogP contribution in [0.4, 0.5) is 5.69 Å². The summed E-state index contributed by atoms with van der Waals surface area (Å²) < 4.78 is 5.86. The Balaban J connectivity index is 2.02. The molecule has 1 N–H and O–H groups in total. The Hall–Kier alpha value is -1.66. The molecule has 2 rings (SSSR count). The summed E-state index contributed by atoms with van der Waals surface area (Å²) in [6.45, 7) is 0.963. The number of benzene rings is 1. The van der Waals surface area contributed by atoms with Crippen LogP contribution in [0.25, 0.3) is 0 Å². The van der Waals surface area contributed by atoms with Crippen molar-refractivity contribution in [1.29, 1.82) is 0 Å². The zero-order valence-electron chi connectivity index (χ0n) is 9.43. The maximum Gasteiger partial charge on any atom is 0.275 e. The Bertz CT molecular complexity index is 540. The molecule has 0 atom stereocenters. The van der Waals surface area contributed by atoms with Gasteiger partial charge in [0.05, 0.1) is 17.7 Å². The van der Waals surface area contributed by atoms with Crippen molar-refractivity contribution in [2.24, 2.45) is 0 Å². The zero-order chi connectivity index (χ0) is 13.0. The van der Waals surface area contributed by atoms with Gasteiger partial charge in [0, 0.05) is 22.6 Å². The van der Waals surface area contributed by atoms with Crippen LogP contribution in [0, 0.1) is 10.1 Å². The second-order valence-corrected chi connectivity index (χ2v) is 4.63. The molecule has 0 saturated carbocycles. The normalized spacial score (nSPS) is 10.5. The van der Waals surface area contributed by atoms with Gasteiger partial charge in [0.15, 0.2) is 0 Å². The maximum absolute atomic E-state index is 10.9. The van der Waals surface area contributed by atoms with E-state index in [0.717, 1.165) is 5.76 Å². The largest absolute Gasteiger partial charge is 0.468 e. The van der Waals surface area contributed by atoms with Gasteiger partial charge in [-0.3, -0.25) is 10.1 Å². The summed E-state index contributed by atoms with van der Waals surface area (Å²) in [5.74, 6) is 0.801. The summed E-state index contributed by atoms with van der Waals surface area (Å²) >= 11 is 3.22. The Morgan fingerprint density at radius 1 is 1.33 bits per heavy atom. The van der Waals surface area contributed by atoms with E-state index in [9.17, 15) is 10.1 Å². The average molecular weight is 311 g/mol. The van der Waals surface area contributed by atoms with Crippen LogP contribution in [0.1, 0.15) is 11.3 Å². The number of halogens is 1. The quantitative estimate of drug-likeness (QED) is 0.680. The van der Waals surface area contributed by atoms with E-state index in [1.54, 1.807) is 24.5 Å². The number of nitrogens with one attached hydrogen (secondary N) is 1. The van der Waals surface area contributed by atoms with Crippen molar-refractivity contribution in [3.05, 3.63) is 62.5 Å². The Morgan fingerprint density at radius 2 is 2.17 bits per heavy atom. The first-order valence-corrected chi connectivity index (χ1v) is 6.12. The molecular weight excluding hydrogens is 300 g/mol. The van der Waals surface area contributed by atoms with Gasteiger partial charge < -0.3 is 9.73 Å². The average Bonchev–Trinajstić information content (AvgIpc) is 2.84. The first kappa shape index (κ1) is 12.8. The smallest absolute Gasteiger partial charge is 0.275 e. The molecule has 0 spiro atoms. The lowest BCUT2D eigenvalue weighted by Crippen LogP contribution is -2.13. The van der Waals surface area contributed by atoms with Crippen molar-refractivity contribution in [3.63, 3.8) is 0 Å². The van der Waals surface area contributed by atoms with Crippen LogP contribution < -0.4 is 5.32 Å². The minimum Gasteiger partial charge on any atom is -0.468 e. The van der Waals surface area contributed by atoms with E-state index in [-0.39, 0.29) is 10.6 Å². The maximum atomic E-state index is 10.9. The lowest BCUT2D eigenvalue weighted by atomic mass is 10.2. The highest BCUT2D eigenvalue weighted by molar-refractivity contribution is 9.10. The lowest BCUT2D eigenvalue weighted by Gasteiger charge is -2.04. The SMILES string of the molecule is O=[N+]([O-])c1cc(Br)ccc1CNCc1ccco1. The van der Waals surface area contributed by atoms with Crippen molar-refractivity contribution < 1.29 is 9.34 Å². The van der Waals surface area contributed by atoms with Crippen molar-refractivity contribution >= 4 is 21.6 Å². The summed E-state index contributed by atoms with van der Waals surface area (Å²) in [6, 6.07) is 8.68. The molecule has 5 nitrogen and oxygen atoms in total. The van der Waals surface area contributed by atoms with Gasteiger partial charge in [-0.1, -0.05) is 15.9 Å². The highest BCUT2D eigenvalue weighted by Crippen LogP contribution is 2.23. The predicted octanol–water partition coefficient (Wildman–Crippen LogP) is 3.24. The first-order chi connectivity index (χ1) is 8.66. The van der Waals surface area contributed by atoms with Crippen LogP contribution in [0.3, 0.4) is 0 Å². The molecule has 0 bridgehead atoms. The molecule has 1 heterocycles. The summed E-state index contributed by atoms with van der Waals surface area (Å²) in [6.07, 6.45) is 1.60. The number of hydrogen-bond acceptors (Lipinski definition) is 4. The molecule has 0 aliphatic rings. The third-order valence-electron chi connectivity index (χ3n) is 2.44. The Labute approximate surface area is 112 Å². The number of furan rings is 1. The van der Waals surface area contributed by atoms with E-state index in [1.165, 1.54) is 6.07 Å². The fourth-order valence-electron chi connectivity index (χ4n) is 1.59. The molecule has 94 valence electrons. The summed E-state index contributed by atoms with van der Waals surface area (Å²) in [7, 11) is 0. The molecule has 0 fully saturated rings. The van der Waals surface area contributed by atoms with Crippen molar-refractivity contribution in [1.82, 2.24) is 5.32 Å². The van der Waals surface area contributed by atoms with Gasteiger partial charge in [0.2, 0.25) is 0 Å². The van der Waals surface area contributed by atoms with Gasteiger partial charge in [-0.25, -0.2) is 0 Å². The number of nitro benzene ring substituents is 1. The summed E-state index contributed by atoms with van der Waals surface area (Å²) in [4.78, 5) is 10.5. The van der Waals surface area contributed by atoms with Crippen LogP contribution in [0.5, 0.6) is 0 Å². The second-order valence-electron chi connectivity index (χ2n) is 3.71. The fraction of sp³-hybridized carbons (Fsp3) is 0.167. The Kier molecular flexibility index (Phi) is 4.11. The van der Waals surface area contributed by atoms with Crippen molar-refractivity contribution in [3.8, 4) is 0 Å². The minimum absolute atomic E-state index is 0.108. The molecule has 0 radical (unpaired) electrons. The second kappa shape index (κ2) is 5.79. The molecule has 0 saturated heterocycles. The van der Waals surface area contributed by atoms with Crippen LogP contribution in [0.2, 0.25) is 0 Å². The van der Waals surface area contributed by atoms with E-state index in [0.29, 0.717) is 23.1 Å². The van der Waals surface area contributed by atoms with E-state index >= 15 is 0 Å². The topological polar surface area (TPSA) is 68.3 Å². The number of rotatable bonds is 5. The van der Waals surface area contributed by atoms with Gasteiger partial charge >= 0.3 is 0 Å². The van der Waals surface area contributed by atoms with Gasteiger partial charge in [0.1, 0.15) is 5.76 Å². The molecule has 1 aromatic carbocycles. The fourth-order valence-corrected chi connectivity index (χ4v) is 1.94. The third-order valence-corrected chi connectivity index (χ3v) is 2.93. The van der Waals surface area contributed by atoms with Crippen LogP contribution in [-0.2, 0) is 13.1 Å². The third kappa shape index (κ3) is 3.18. The van der Waals surface area contributed by atoms with E-state index in [4.69, 9.17) is 4.42 Å². The van der Waals surface area contributed by atoms with Crippen molar-refractivity contribution in [2.75, 3.05) is 0 Å². The van der Waals surface area contributed by atoms with E-state index < -0.39 is 0 Å². The zero-order valence-corrected chi connectivity index (χ0v) is 11.0. The summed E-state index contributed by atoms with van der Waals surface area (Å²) in [5.41, 5.74) is 0.756. The van der Waals surface area contributed by atoms with Crippen LogP contribution in [-0.4, -0.2) is 4.92 Å². The number of nitrogens with zero attached hydrogens (tertiary/aromatic N) is 1. The summed E-state index contributed by atoms with van der Waals surface area (Å²) in [5, 5.41) is 14.0. The van der Waals surface area contributed by atoms with Crippen LogP contribution in [0.15, 0.2) is 45.5 Å². The molecule has 6 heteroatoms. The van der Waals surface area contributed by atoms with E-state index in [2.05, 4.69) is 21.2 Å². The van der Waals surface area contributed by atoms with Gasteiger partial charge in [-0.15, -0.1) is 0 Å². The molecular formula is C12H11BrN2O3. The van der Waals surface area contributed by atoms with Crippen molar-refractivity contribution in [2.45, 2.75) is 13.1 Å². The van der Waals surface area contributed by atoms with Crippen LogP contribution >= 0.6 is 15.9 Å². The van der Waals surface area contributed by atoms with Gasteiger partial charge in [-0.2, -0.15) is 0 Å². The molecule has 1 aromatic heterocycles. The van der Waals surface area contributed by atoms with Gasteiger partial charge in [0.25, 0.3) is 5.69 Å². The monoisotopic (exact) mass is 310 g/mol. The molecule has 2 aromatic rings.